The third-order valence-electron chi connectivity index (χ3n) is 13.2. The topological polar surface area (TPSA) is 114 Å². The lowest BCUT2D eigenvalue weighted by atomic mass is 10.0. The van der Waals surface area contributed by atoms with E-state index in [1.54, 1.807) is 0 Å². The number of ether oxygens (including phenoxy) is 1. The van der Waals surface area contributed by atoms with Crippen LogP contribution in [-0.4, -0.2) is 69.4 Å². The van der Waals surface area contributed by atoms with Gasteiger partial charge in [-0.3, -0.25) is 14.2 Å². The second-order valence-electron chi connectivity index (χ2n) is 21.2. The van der Waals surface area contributed by atoms with Crippen LogP contribution in [0.4, 0.5) is 0 Å². The van der Waals surface area contributed by atoms with E-state index in [0.717, 1.165) is 57.8 Å². The molecule has 0 bridgehead atoms. The van der Waals surface area contributed by atoms with E-state index in [1.165, 1.54) is 199 Å². The Kier molecular flexibility index (Phi) is 47.5. The van der Waals surface area contributed by atoms with Gasteiger partial charge in [-0.2, -0.15) is 0 Å². The van der Waals surface area contributed by atoms with Gasteiger partial charge in [0, 0.05) is 12.8 Å². The minimum atomic E-state index is -4.68. The summed E-state index contributed by atoms with van der Waals surface area (Å²) < 4.78 is 30.2. The highest BCUT2D eigenvalue weighted by atomic mass is 31.2. The molecule has 398 valence electrons. The molecule has 0 radical (unpaired) electrons. The number of amides is 1. The molecule has 0 aliphatic rings. The number of nitrogens with zero attached hydrogens (tertiary/aromatic N) is 1. The van der Waals surface area contributed by atoms with E-state index in [9.17, 15) is 19.0 Å². The Morgan fingerprint density at radius 2 is 0.851 bits per heavy atom. The number of rotatable bonds is 53. The van der Waals surface area contributed by atoms with Crippen LogP contribution in [0.25, 0.3) is 0 Å². The zero-order valence-corrected chi connectivity index (χ0v) is 46.3. The molecule has 0 saturated heterocycles. The van der Waals surface area contributed by atoms with Gasteiger partial charge in [0.15, 0.2) is 0 Å². The van der Waals surface area contributed by atoms with Crippen molar-refractivity contribution in [2.24, 2.45) is 0 Å². The van der Waals surface area contributed by atoms with Crippen LogP contribution in [0.2, 0.25) is 0 Å². The van der Waals surface area contributed by atoms with Crippen LogP contribution in [0.15, 0.2) is 12.2 Å². The quantitative estimate of drug-likeness (QED) is 0.0212. The SMILES string of the molecule is CCCCCCCCCCC/C=C\C(OC(=O)CCCCCCCCCCCCCCCCCCCCC)C(COP(=O)([O-])OCC[N+](C)(C)C)NC(=O)CCCCCCCCCCCCC. The standard InChI is InChI=1S/C57H113N2O7P/c1-7-10-13-16-19-22-25-26-27-28-29-30-31-32-35-38-41-44-47-50-57(61)66-55(48-45-42-39-36-33-23-20-17-14-11-8-2)54(53-65-67(62,63)64-52-51-59(4,5)6)58-56(60)49-46-43-40-37-34-24-21-18-15-12-9-3/h45,48,54-55H,7-44,46-47,49-53H2,1-6H3,(H-,58,60,62,63)/b48-45-. The lowest BCUT2D eigenvalue weighted by molar-refractivity contribution is -0.870. The van der Waals surface area contributed by atoms with E-state index in [4.69, 9.17) is 13.8 Å². The van der Waals surface area contributed by atoms with Gasteiger partial charge in [-0.05, 0) is 31.8 Å². The number of carbonyl (C=O) groups is 2. The molecule has 1 N–H and O–H groups in total. The smallest absolute Gasteiger partial charge is 0.306 e. The first-order valence-electron chi connectivity index (χ1n) is 29.0. The van der Waals surface area contributed by atoms with Gasteiger partial charge >= 0.3 is 5.97 Å². The van der Waals surface area contributed by atoms with E-state index in [0.29, 0.717) is 17.4 Å². The number of phosphoric ester groups is 1. The molecule has 0 spiro atoms. The number of quaternary nitrogens is 1. The monoisotopic (exact) mass is 969 g/mol. The summed E-state index contributed by atoms with van der Waals surface area (Å²) >= 11 is 0. The number of phosphoric acid groups is 1. The summed E-state index contributed by atoms with van der Waals surface area (Å²) in [5.41, 5.74) is 0. The van der Waals surface area contributed by atoms with Crippen LogP contribution in [0.3, 0.4) is 0 Å². The van der Waals surface area contributed by atoms with Crippen LogP contribution in [0.1, 0.15) is 290 Å². The summed E-state index contributed by atoms with van der Waals surface area (Å²) in [4.78, 5) is 39.7. The molecule has 9 nitrogen and oxygen atoms in total. The highest BCUT2D eigenvalue weighted by Crippen LogP contribution is 2.38. The maximum Gasteiger partial charge on any atom is 0.306 e. The Balaban J connectivity index is 5.19. The van der Waals surface area contributed by atoms with Gasteiger partial charge < -0.3 is 28.5 Å². The molecule has 0 saturated carbocycles. The molecule has 0 fully saturated rings. The number of hydrogen-bond acceptors (Lipinski definition) is 7. The maximum absolute atomic E-state index is 13.4. The minimum Gasteiger partial charge on any atom is -0.756 e. The van der Waals surface area contributed by atoms with Crippen molar-refractivity contribution in [2.45, 2.75) is 303 Å². The number of likely N-dealkylation sites (N-methyl/N-ethyl adjacent to an activating group) is 1. The normalized spacial score (nSPS) is 13.8. The Morgan fingerprint density at radius 1 is 0.507 bits per heavy atom. The number of carbonyl (C=O) groups excluding carboxylic acids is 2. The van der Waals surface area contributed by atoms with Crippen molar-refractivity contribution < 1.29 is 37.3 Å². The van der Waals surface area contributed by atoms with Crippen molar-refractivity contribution in [3.63, 3.8) is 0 Å². The lowest BCUT2D eigenvalue weighted by Crippen LogP contribution is -2.47. The Bertz CT molecular complexity index is 1160. The van der Waals surface area contributed by atoms with Gasteiger partial charge in [-0.25, -0.2) is 0 Å². The minimum absolute atomic E-state index is 0.0172. The zero-order chi connectivity index (χ0) is 49.4. The number of esters is 1. The van der Waals surface area contributed by atoms with Gasteiger partial charge in [-0.1, -0.05) is 258 Å². The van der Waals surface area contributed by atoms with E-state index in [1.807, 2.05) is 33.3 Å². The molecular formula is C57H113N2O7P. The molecule has 0 aliphatic carbocycles. The molecule has 1 amide bonds. The Morgan fingerprint density at radius 3 is 1.22 bits per heavy atom. The largest absolute Gasteiger partial charge is 0.756 e. The summed E-state index contributed by atoms with van der Waals surface area (Å²) in [6.45, 7) is 6.86. The van der Waals surface area contributed by atoms with Crippen LogP contribution < -0.4 is 10.2 Å². The third kappa shape index (κ3) is 49.5. The van der Waals surface area contributed by atoms with Crippen molar-refractivity contribution in [2.75, 3.05) is 40.9 Å². The highest BCUT2D eigenvalue weighted by molar-refractivity contribution is 7.45. The summed E-state index contributed by atoms with van der Waals surface area (Å²) in [7, 11) is 1.20. The molecule has 0 heterocycles. The summed E-state index contributed by atoms with van der Waals surface area (Å²) in [6, 6.07) is -0.877. The first kappa shape index (κ1) is 65.8. The third-order valence-corrected chi connectivity index (χ3v) is 14.2. The van der Waals surface area contributed by atoms with Crippen LogP contribution in [-0.2, 0) is 27.9 Å². The maximum atomic E-state index is 13.4. The van der Waals surface area contributed by atoms with Crippen LogP contribution >= 0.6 is 7.82 Å². The van der Waals surface area contributed by atoms with Crippen molar-refractivity contribution in [1.29, 1.82) is 0 Å². The van der Waals surface area contributed by atoms with Crippen molar-refractivity contribution in [3.8, 4) is 0 Å². The molecule has 3 unspecified atom stereocenters. The first-order valence-corrected chi connectivity index (χ1v) is 30.5. The predicted octanol–water partition coefficient (Wildman–Crippen LogP) is 16.6. The van der Waals surface area contributed by atoms with E-state index in [-0.39, 0.29) is 31.5 Å². The molecule has 10 heteroatoms. The average Bonchev–Trinajstić information content (AvgIpc) is 3.28. The fraction of sp³-hybridized carbons (Fsp3) is 0.930. The molecule has 3 atom stereocenters. The fourth-order valence-corrected chi connectivity index (χ4v) is 9.42. The van der Waals surface area contributed by atoms with Crippen LogP contribution in [0.5, 0.6) is 0 Å². The van der Waals surface area contributed by atoms with Gasteiger partial charge in [0.1, 0.15) is 19.3 Å². The lowest BCUT2D eigenvalue weighted by Gasteiger charge is -2.30. The predicted molar refractivity (Wildman–Crippen MR) is 284 cm³/mol. The second kappa shape index (κ2) is 48.4. The zero-order valence-electron chi connectivity index (χ0n) is 45.4. The molecule has 0 aliphatic heterocycles. The first-order chi connectivity index (χ1) is 32.4. The summed E-state index contributed by atoms with van der Waals surface area (Å²) in [5.74, 6) is -0.526. The molecule has 0 aromatic carbocycles. The molecule has 0 aromatic rings. The van der Waals surface area contributed by atoms with Gasteiger partial charge in [0.2, 0.25) is 5.91 Å². The fourth-order valence-electron chi connectivity index (χ4n) is 8.70. The highest BCUT2D eigenvalue weighted by Gasteiger charge is 2.27. The van der Waals surface area contributed by atoms with Crippen LogP contribution in [0, 0.1) is 0 Å². The van der Waals surface area contributed by atoms with E-state index in [2.05, 4.69) is 26.1 Å². The average molecular weight is 970 g/mol. The van der Waals surface area contributed by atoms with Gasteiger partial charge in [0.05, 0.1) is 33.8 Å². The molecule has 67 heavy (non-hydrogen) atoms. The molecular weight excluding hydrogens is 856 g/mol. The molecule has 0 rings (SSSR count). The van der Waals surface area contributed by atoms with E-state index < -0.39 is 20.0 Å². The van der Waals surface area contributed by atoms with Crippen molar-refractivity contribution >= 4 is 19.7 Å². The van der Waals surface area contributed by atoms with Gasteiger partial charge in [0.25, 0.3) is 7.82 Å². The Labute approximate surface area is 416 Å². The number of allylic oxidation sites excluding steroid dienone is 1. The second-order valence-corrected chi connectivity index (χ2v) is 22.6. The van der Waals surface area contributed by atoms with E-state index >= 15 is 0 Å². The number of hydrogen-bond donors (Lipinski definition) is 1. The Hall–Kier alpha value is -1.25. The number of unbranched alkanes of at least 4 members (excludes halogenated alkanes) is 37. The van der Waals surface area contributed by atoms with Gasteiger partial charge in [-0.15, -0.1) is 0 Å². The summed E-state index contributed by atoms with van der Waals surface area (Å²) in [6.07, 6.45) is 53.2. The van der Waals surface area contributed by atoms with Crippen molar-refractivity contribution in [1.82, 2.24) is 5.32 Å². The summed E-state index contributed by atoms with van der Waals surface area (Å²) in [5, 5.41) is 3.02. The van der Waals surface area contributed by atoms with Crippen molar-refractivity contribution in [3.05, 3.63) is 12.2 Å². The molecule has 0 aromatic heterocycles. The number of nitrogens with one attached hydrogen (secondary N) is 1.